The minimum atomic E-state index is -5.24. The average Bonchev–Trinajstić information content (AvgIpc) is 3.23. The van der Waals surface area contributed by atoms with E-state index in [2.05, 4.69) is 9.97 Å². The fourth-order valence-corrected chi connectivity index (χ4v) is 4.26. The molecule has 188 valence electrons. The number of phosphoric acid groups is 1. The number of hydrogen-bond acceptors (Lipinski definition) is 11. The lowest BCUT2D eigenvalue weighted by atomic mass is 9.98. The third kappa shape index (κ3) is 4.83. The lowest BCUT2D eigenvalue weighted by molar-refractivity contribution is -0.246. The summed E-state index contributed by atoms with van der Waals surface area (Å²) in [4.78, 5) is 52.4. The molecular formula is C19H22N5O10P. The molecule has 5 unspecified atom stereocenters. The molecule has 0 spiro atoms. The predicted molar refractivity (Wildman–Crippen MR) is 117 cm³/mol. The summed E-state index contributed by atoms with van der Waals surface area (Å²) < 4.78 is 29.9. The number of benzene rings is 1. The summed E-state index contributed by atoms with van der Waals surface area (Å²) >= 11 is 0. The third-order valence-electron chi connectivity index (χ3n) is 5.44. The maximum atomic E-state index is 12.8. The summed E-state index contributed by atoms with van der Waals surface area (Å²) in [6.45, 7) is -0.790. The molecular weight excluding hydrogens is 489 g/mol. The number of phosphoric ester groups is 1. The number of carbonyl (C=O) groups is 1. The van der Waals surface area contributed by atoms with Crippen LogP contribution in [0.2, 0.25) is 0 Å². The number of nitrogens with two attached hydrogens (primary N) is 1. The van der Waals surface area contributed by atoms with Gasteiger partial charge >= 0.3 is 13.8 Å². The van der Waals surface area contributed by atoms with E-state index in [0.29, 0.717) is 0 Å². The van der Waals surface area contributed by atoms with Crippen molar-refractivity contribution in [1.82, 2.24) is 19.1 Å². The Morgan fingerprint density at radius 1 is 1.26 bits per heavy atom. The molecule has 35 heavy (non-hydrogen) atoms. The van der Waals surface area contributed by atoms with Crippen molar-refractivity contribution < 1.29 is 43.4 Å². The van der Waals surface area contributed by atoms with E-state index in [-0.39, 0.29) is 22.7 Å². The second kappa shape index (κ2) is 9.47. The van der Waals surface area contributed by atoms with E-state index >= 15 is 0 Å². The molecule has 1 aliphatic heterocycles. The van der Waals surface area contributed by atoms with Crippen molar-refractivity contribution in [3.05, 3.63) is 52.6 Å². The van der Waals surface area contributed by atoms with Crippen molar-refractivity contribution in [2.45, 2.75) is 30.6 Å². The number of esters is 1. The van der Waals surface area contributed by atoms with Crippen LogP contribution in [0.15, 0.2) is 41.5 Å². The van der Waals surface area contributed by atoms with E-state index in [1.54, 1.807) is 18.2 Å². The Kier molecular flexibility index (Phi) is 6.75. The van der Waals surface area contributed by atoms with Crippen molar-refractivity contribution in [1.29, 1.82) is 0 Å². The lowest BCUT2D eigenvalue weighted by Crippen LogP contribution is -2.58. The Morgan fingerprint density at radius 2 is 1.94 bits per heavy atom. The van der Waals surface area contributed by atoms with E-state index in [1.807, 2.05) is 0 Å². The number of carbonyl (C=O) groups excluding carboxylic acids is 1. The summed E-state index contributed by atoms with van der Waals surface area (Å²) in [5.74, 6) is -1.11. The zero-order valence-electron chi connectivity index (χ0n) is 18.1. The molecule has 0 amide bonds. The van der Waals surface area contributed by atoms with Gasteiger partial charge in [-0.2, -0.15) is 4.98 Å². The molecule has 1 aromatic carbocycles. The highest BCUT2D eigenvalue weighted by atomic mass is 31.2. The number of aromatic nitrogens is 4. The van der Waals surface area contributed by atoms with Gasteiger partial charge in [-0.05, 0) is 12.1 Å². The van der Waals surface area contributed by atoms with Gasteiger partial charge < -0.3 is 35.2 Å². The van der Waals surface area contributed by atoms with Crippen LogP contribution < -0.4 is 11.3 Å². The van der Waals surface area contributed by atoms with Crippen LogP contribution in [0.3, 0.4) is 0 Å². The highest BCUT2D eigenvalue weighted by molar-refractivity contribution is 7.46. The van der Waals surface area contributed by atoms with Crippen LogP contribution in [0, 0.1) is 0 Å². The van der Waals surface area contributed by atoms with Crippen LogP contribution in [0.4, 0.5) is 5.95 Å². The number of rotatable bonds is 6. The summed E-state index contributed by atoms with van der Waals surface area (Å²) in [5, 5.41) is 20.4. The van der Waals surface area contributed by atoms with E-state index < -0.39 is 56.6 Å². The van der Waals surface area contributed by atoms with Crippen LogP contribution in [0.5, 0.6) is 0 Å². The second-order valence-corrected chi connectivity index (χ2v) is 8.89. The summed E-state index contributed by atoms with van der Waals surface area (Å²) in [7, 11) is -3.86. The molecule has 1 saturated heterocycles. The number of aliphatic hydroxyl groups is 2. The van der Waals surface area contributed by atoms with Gasteiger partial charge in [-0.1, -0.05) is 18.2 Å². The van der Waals surface area contributed by atoms with Crippen molar-refractivity contribution in [2.24, 2.45) is 7.05 Å². The van der Waals surface area contributed by atoms with Crippen molar-refractivity contribution in [2.75, 3.05) is 12.3 Å². The standard InChI is InChI=1S/C19H22N5O10P/c1-23-16(27)11-15(22-19(23)20)24(8-21-11)17-14(33-18(28)9-5-3-2-4-6-9)13(34-35(29,30)31)12(26)10(7-25)32-17/h2-6,8,10,12-14,17,25-26H,7H2,1H3,(H2,20,22)(H2,29,30,31). The van der Waals surface area contributed by atoms with Crippen LogP contribution in [0.1, 0.15) is 16.6 Å². The van der Waals surface area contributed by atoms with E-state index in [0.717, 1.165) is 15.5 Å². The molecule has 5 atom stereocenters. The van der Waals surface area contributed by atoms with Gasteiger partial charge in [-0.3, -0.25) is 18.5 Å². The average molecular weight is 511 g/mol. The first-order chi connectivity index (χ1) is 16.5. The van der Waals surface area contributed by atoms with E-state index in [4.69, 9.17) is 19.7 Å². The fourth-order valence-electron chi connectivity index (χ4n) is 3.70. The lowest BCUT2D eigenvalue weighted by Gasteiger charge is -2.43. The van der Waals surface area contributed by atoms with Crippen LogP contribution in [-0.4, -0.2) is 76.1 Å². The van der Waals surface area contributed by atoms with Crippen LogP contribution in [0.25, 0.3) is 11.2 Å². The van der Waals surface area contributed by atoms with Crippen molar-refractivity contribution in [3.63, 3.8) is 0 Å². The summed E-state index contributed by atoms with van der Waals surface area (Å²) in [6.07, 6.45) is -7.18. The number of aliphatic hydroxyl groups excluding tert-OH is 2. The Hall–Kier alpha value is -3.17. The van der Waals surface area contributed by atoms with Gasteiger partial charge in [0.05, 0.1) is 18.5 Å². The van der Waals surface area contributed by atoms with Gasteiger partial charge in [0, 0.05) is 7.05 Å². The normalized spacial score (nSPS) is 25.0. The molecule has 15 nitrogen and oxygen atoms in total. The Labute approximate surface area is 196 Å². The maximum Gasteiger partial charge on any atom is 0.470 e. The molecule has 0 radical (unpaired) electrons. The number of nitrogen functional groups attached to an aromatic ring is 1. The van der Waals surface area contributed by atoms with Gasteiger partial charge in [0.1, 0.15) is 18.3 Å². The van der Waals surface area contributed by atoms with E-state index in [1.165, 1.54) is 19.2 Å². The summed E-state index contributed by atoms with van der Waals surface area (Å²) in [5.41, 5.74) is 5.07. The maximum absolute atomic E-state index is 12.8. The second-order valence-electron chi connectivity index (χ2n) is 7.69. The fraction of sp³-hybridized carbons (Fsp3) is 0.368. The largest absolute Gasteiger partial charge is 0.470 e. The smallest absolute Gasteiger partial charge is 0.451 e. The first-order valence-electron chi connectivity index (χ1n) is 10.1. The van der Waals surface area contributed by atoms with Crippen LogP contribution in [-0.2, 0) is 25.6 Å². The SMILES string of the molecule is Cn1c(N)nc2c(ncn2C2OC(CO)C(O)C(OP(=O)(O)O)C2OC(=O)c2ccccc2)c1=O. The van der Waals surface area contributed by atoms with E-state index in [9.17, 15) is 34.2 Å². The van der Waals surface area contributed by atoms with Gasteiger partial charge in [0.15, 0.2) is 23.5 Å². The zero-order valence-corrected chi connectivity index (χ0v) is 19.0. The first kappa shape index (κ1) is 24.9. The topological polar surface area (TPSA) is 221 Å². The quantitative estimate of drug-likeness (QED) is 0.191. The first-order valence-corrected chi connectivity index (χ1v) is 11.7. The van der Waals surface area contributed by atoms with Crippen LogP contribution >= 0.6 is 7.82 Å². The molecule has 6 N–H and O–H groups in total. The molecule has 16 heteroatoms. The molecule has 0 aliphatic carbocycles. The molecule has 3 heterocycles. The minimum absolute atomic E-state index is 0.0895. The Bertz CT molecular complexity index is 1340. The van der Waals surface area contributed by atoms with Crippen molar-refractivity contribution >= 4 is 30.9 Å². The van der Waals surface area contributed by atoms with Gasteiger partial charge in [-0.15, -0.1) is 0 Å². The summed E-state index contributed by atoms with van der Waals surface area (Å²) in [6, 6.07) is 7.67. The highest BCUT2D eigenvalue weighted by Crippen LogP contribution is 2.44. The van der Waals surface area contributed by atoms with Crippen molar-refractivity contribution in [3.8, 4) is 0 Å². The Morgan fingerprint density at radius 3 is 2.57 bits per heavy atom. The number of nitrogens with zero attached hydrogens (tertiary/aromatic N) is 4. The highest BCUT2D eigenvalue weighted by Gasteiger charge is 2.51. The monoisotopic (exact) mass is 511 g/mol. The Balaban J connectivity index is 1.85. The number of fused-ring (bicyclic) bond motifs is 1. The number of ether oxygens (including phenoxy) is 2. The van der Waals surface area contributed by atoms with Gasteiger partial charge in [0.2, 0.25) is 5.95 Å². The number of anilines is 1. The molecule has 2 aromatic heterocycles. The number of hydrogen-bond donors (Lipinski definition) is 5. The zero-order chi connectivity index (χ0) is 25.5. The molecule has 0 bridgehead atoms. The third-order valence-corrected chi connectivity index (χ3v) is 5.96. The minimum Gasteiger partial charge on any atom is -0.451 e. The molecule has 4 rings (SSSR count). The number of imidazole rings is 1. The molecule has 3 aromatic rings. The van der Waals surface area contributed by atoms with Gasteiger partial charge in [-0.25, -0.2) is 14.3 Å². The van der Waals surface area contributed by atoms with Gasteiger partial charge in [0.25, 0.3) is 5.56 Å². The molecule has 0 saturated carbocycles. The molecule has 1 fully saturated rings. The predicted octanol–water partition coefficient (Wildman–Crippen LogP) is -1.33. The molecule has 1 aliphatic rings.